The average Bonchev–Trinajstić information content (AvgIpc) is 2.30. The number of amides is 1. The first-order valence-electron chi connectivity index (χ1n) is 5.72. The SMILES string of the molecule is CCOc1ccc(NC(=O)[C@H](Br)C(C)C)cc1. The van der Waals surface area contributed by atoms with E-state index in [0.29, 0.717) is 6.61 Å². The van der Waals surface area contributed by atoms with Crippen molar-refractivity contribution in [2.24, 2.45) is 5.92 Å². The van der Waals surface area contributed by atoms with Gasteiger partial charge in [0.05, 0.1) is 11.4 Å². The van der Waals surface area contributed by atoms with Gasteiger partial charge in [-0.15, -0.1) is 0 Å². The average molecular weight is 300 g/mol. The van der Waals surface area contributed by atoms with Gasteiger partial charge in [0.1, 0.15) is 5.75 Å². The number of hydrogen-bond donors (Lipinski definition) is 1. The Kier molecular flexibility index (Phi) is 5.48. The van der Waals surface area contributed by atoms with Gasteiger partial charge in [-0.05, 0) is 37.1 Å². The third kappa shape index (κ3) is 4.38. The minimum Gasteiger partial charge on any atom is -0.494 e. The van der Waals surface area contributed by atoms with E-state index in [2.05, 4.69) is 21.2 Å². The van der Waals surface area contributed by atoms with Crippen molar-refractivity contribution in [3.63, 3.8) is 0 Å². The van der Waals surface area contributed by atoms with Gasteiger partial charge < -0.3 is 10.1 Å². The fraction of sp³-hybridized carbons (Fsp3) is 0.462. The first kappa shape index (κ1) is 14.0. The summed E-state index contributed by atoms with van der Waals surface area (Å²) in [7, 11) is 0. The van der Waals surface area contributed by atoms with Crippen molar-refractivity contribution in [2.45, 2.75) is 25.6 Å². The molecule has 0 aliphatic carbocycles. The van der Waals surface area contributed by atoms with Crippen LogP contribution in [0.5, 0.6) is 5.75 Å². The predicted molar refractivity (Wildman–Crippen MR) is 73.8 cm³/mol. The fourth-order valence-corrected chi connectivity index (χ4v) is 1.43. The molecule has 1 N–H and O–H groups in total. The monoisotopic (exact) mass is 299 g/mol. The van der Waals surface area contributed by atoms with Crippen LogP contribution < -0.4 is 10.1 Å². The molecule has 0 saturated heterocycles. The van der Waals surface area contributed by atoms with Crippen LogP contribution in [-0.4, -0.2) is 17.3 Å². The molecule has 0 unspecified atom stereocenters. The van der Waals surface area contributed by atoms with Crippen LogP contribution in [0.15, 0.2) is 24.3 Å². The summed E-state index contributed by atoms with van der Waals surface area (Å²) in [5.74, 6) is 1.05. The number of carbonyl (C=O) groups is 1. The van der Waals surface area contributed by atoms with Gasteiger partial charge in [-0.2, -0.15) is 0 Å². The Bertz CT molecular complexity index is 362. The smallest absolute Gasteiger partial charge is 0.238 e. The van der Waals surface area contributed by atoms with Gasteiger partial charge in [-0.25, -0.2) is 0 Å². The summed E-state index contributed by atoms with van der Waals surface area (Å²) in [5.41, 5.74) is 0.781. The summed E-state index contributed by atoms with van der Waals surface area (Å²) in [4.78, 5) is 11.6. The standard InChI is InChI=1S/C13H18BrNO2/c1-4-17-11-7-5-10(6-8-11)15-13(16)12(14)9(2)3/h5-9,12H,4H2,1-3H3,(H,15,16)/t12-/m1/s1. The second kappa shape index (κ2) is 6.64. The number of alkyl halides is 1. The van der Waals surface area contributed by atoms with Gasteiger partial charge in [-0.1, -0.05) is 29.8 Å². The lowest BCUT2D eigenvalue weighted by molar-refractivity contribution is -0.116. The van der Waals surface area contributed by atoms with Crippen LogP contribution in [-0.2, 0) is 4.79 Å². The molecule has 0 bridgehead atoms. The second-order valence-corrected chi connectivity index (χ2v) is 5.08. The largest absolute Gasteiger partial charge is 0.494 e. The lowest BCUT2D eigenvalue weighted by atomic mass is 10.1. The van der Waals surface area contributed by atoms with Gasteiger partial charge in [0, 0.05) is 5.69 Å². The van der Waals surface area contributed by atoms with E-state index in [1.165, 1.54) is 0 Å². The van der Waals surface area contributed by atoms with Gasteiger partial charge in [0.2, 0.25) is 5.91 Å². The number of halogens is 1. The van der Waals surface area contributed by atoms with Crippen LogP contribution >= 0.6 is 15.9 Å². The van der Waals surface area contributed by atoms with Crippen molar-refractivity contribution < 1.29 is 9.53 Å². The number of anilines is 1. The summed E-state index contributed by atoms with van der Waals surface area (Å²) in [5, 5.41) is 2.85. The Morgan fingerprint density at radius 3 is 2.41 bits per heavy atom. The molecule has 0 fully saturated rings. The third-order valence-corrected chi connectivity index (χ3v) is 3.74. The van der Waals surface area contributed by atoms with E-state index < -0.39 is 0 Å². The molecule has 1 aromatic rings. The van der Waals surface area contributed by atoms with Crippen molar-refractivity contribution in [3.8, 4) is 5.75 Å². The van der Waals surface area contributed by atoms with Crippen molar-refractivity contribution in [1.82, 2.24) is 0 Å². The predicted octanol–water partition coefficient (Wildman–Crippen LogP) is 3.44. The van der Waals surface area contributed by atoms with Crippen LogP contribution in [0, 0.1) is 5.92 Å². The van der Waals surface area contributed by atoms with E-state index in [1.807, 2.05) is 45.0 Å². The molecule has 1 rings (SSSR count). The molecule has 0 heterocycles. The fourth-order valence-electron chi connectivity index (χ4n) is 1.32. The molecule has 94 valence electrons. The molecular formula is C13H18BrNO2. The number of rotatable bonds is 5. The minimum absolute atomic E-state index is 0.0239. The molecule has 1 amide bonds. The maximum Gasteiger partial charge on any atom is 0.238 e. The first-order valence-corrected chi connectivity index (χ1v) is 6.64. The van der Waals surface area contributed by atoms with Crippen LogP contribution in [0.1, 0.15) is 20.8 Å². The zero-order valence-electron chi connectivity index (χ0n) is 10.4. The number of nitrogens with one attached hydrogen (secondary N) is 1. The molecule has 0 aliphatic heterocycles. The van der Waals surface area contributed by atoms with Gasteiger partial charge >= 0.3 is 0 Å². The summed E-state index contributed by atoms with van der Waals surface area (Å²) in [6.07, 6.45) is 0. The van der Waals surface area contributed by atoms with Gasteiger partial charge in [0.25, 0.3) is 0 Å². The number of ether oxygens (including phenoxy) is 1. The molecule has 1 atom stereocenters. The van der Waals surface area contributed by atoms with Crippen molar-refractivity contribution in [2.75, 3.05) is 11.9 Å². The molecule has 0 aromatic heterocycles. The molecular weight excluding hydrogens is 282 g/mol. The van der Waals surface area contributed by atoms with Crippen LogP contribution in [0.4, 0.5) is 5.69 Å². The Morgan fingerprint density at radius 1 is 1.35 bits per heavy atom. The lowest BCUT2D eigenvalue weighted by Gasteiger charge is -2.14. The highest BCUT2D eigenvalue weighted by Gasteiger charge is 2.18. The third-order valence-electron chi connectivity index (χ3n) is 2.27. The highest BCUT2D eigenvalue weighted by molar-refractivity contribution is 9.10. The molecule has 1 aromatic carbocycles. The number of carbonyl (C=O) groups excluding carboxylic acids is 1. The van der Waals surface area contributed by atoms with E-state index >= 15 is 0 Å². The zero-order valence-corrected chi connectivity index (χ0v) is 12.0. The molecule has 0 spiro atoms. The highest BCUT2D eigenvalue weighted by atomic mass is 79.9. The second-order valence-electron chi connectivity index (χ2n) is 4.09. The quantitative estimate of drug-likeness (QED) is 0.846. The van der Waals surface area contributed by atoms with Gasteiger partial charge in [0.15, 0.2) is 0 Å². The molecule has 17 heavy (non-hydrogen) atoms. The minimum atomic E-state index is -0.172. The number of hydrogen-bond acceptors (Lipinski definition) is 2. The molecule has 4 heteroatoms. The lowest BCUT2D eigenvalue weighted by Crippen LogP contribution is -2.26. The van der Waals surface area contributed by atoms with E-state index in [-0.39, 0.29) is 16.7 Å². The Balaban J connectivity index is 2.60. The first-order chi connectivity index (χ1) is 8.04. The summed E-state index contributed by atoms with van der Waals surface area (Å²) in [6.45, 7) is 6.57. The van der Waals surface area contributed by atoms with E-state index in [9.17, 15) is 4.79 Å². The molecule has 0 aliphatic rings. The zero-order chi connectivity index (χ0) is 12.8. The normalized spacial score (nSPS) is 12.3. The summed E-state index contributed by atoms with van der Waals surface area (Å²) in [6, 6.07) is 7.36. The van der Waals surface area contributed by atoms with Crippen molar-refractivity contribution in [1.29, 1.82) is 0 Å². The Hall–Kier alpha value is -1.03. The molecule has 0 radical (unpaired) electrons. The van der Waals surface area contributed by atoms with Crippen molar-refractivity contribution in [3.05, 3.63) is 24.3 Å². The van der Waals surface area contributed by atoms with Crippen LogP contribution in [0.2, 0.25) is 0 Å². The Labute approximate surface area is 111 Å². The molecule has 0 saturated carbocycles. The van der Waals surface area contributed by atoms with Crippen LogP contribution in [0.25, 0.3) is 0 Å². The maximum absolute atomic E-state index is 11.8. The Morgan fingerprint density at radius 2 is 1.94 bits per heavy atom. The molecule has 3 nitrogen and oxygen atoms in total. The summed E-state index contributed by atoms with van der Waals surface area (Å²) >= 11 is 3.37. The summed E-state index contributed by atoms with van der Waals surface area (Å²) < 4.78 is 5.33. The number of benzene rings is 1. The van der Waals surface area contributed by atoms with E-state index in [1.54, 1.807) is 0 Å². The maximum atomic E-state index is 11.8. The van der Waals surface area contributed by atoms with Crippen LogP contribution in [0.3, 0.4) is 0 Å². The highest BCUT2D eigenvalue weighted by Crippen LogP contribution is 2.18. The topological polar surface area (TPSA) is 38.3 Å². The van der Waals surface area contributed by atoms with E-state index in [4.69, 9.17) is 4.74 Å². The van der Waals surface area contributed by atoms with E-state index in [0.717, 1.165) is 11.4 Å². The van der Waals surface area contributed by atoms with Crippen molar-refractivity contribution >= 4 is 27.5 Å². The van der Waals surface area contributed by atoms with Gasteiger partial charge in [-0.3, -0.25) is 4.79 Å².